The van der Waals surface area contributed by atoms with E-state index in [0.29, 0.717) is 13.0 Å². The first-order valence-corrected chi connectivity index (χ1v) is 7.21. The van der Waals surface area contributed by atoms with Gasteiger partial charge in [-0.1, -0.05) is 53.2 Å². The molecule has 0 aliphatic carbocycles. The lowest BCUT2D eigenvalue weighted by Crippen LogP contribution is -2.37. The van der Waals surface area contributed by atoms with E-state index >= 15 is 0 Å². The van der Waals surface area contributed by atoms with E-state index in [-0.39, 0.29) is 11.9 Å². The fourth-order valence-corrected chi connectivity index (χ4v) is 2.67. The number of carbonyl (C=O) groups excluding carboxylic acids is 1. The van der Waals surface area contributed by atoms with Crippen LogP contribution < -0.4 is 0 Å². The maximum absolute atomic E-state index is 12.2. The normalized spacial score (nSPS) is 20.0. The van der Waals surface area contributed by atoms with Gasteiger partial charge in [0.15, 0.2) is 0 Å². The molecule has 3 heteroatoms. The first kappa shape index (κ1) is 13.3. The van der Waals surface area contributed by atoms with Crippen LogP contribution in [0.2, 0.25) is 0 Å². The average molecular weight is 308 g/mol. The van der Waals surface area contributed by atoms with Crippen molar-refractivity contribution in [1.29, 1.82) is 0 Å². The Balaban J connectivity index is 2.21. The van der Waals surface area contributed by atoms with Crippen molar-refractivity contribution < 1.29 is 4.79 Å². The summed E-state index contributed by atoms with van der Waals surface area (Å²) in [6.45, 7) is 2.81. The number of allylic oxidation sites excluding steroid dienone is 1. The largest absolute Gasteiger partial charge is 0.332 e. The Labute approximate surface area is 117 Å². The zero-order valence-corrected chi connectivity index (χ0v) is 12.2. The van der Waals surface area contributed by atoms with Crippen molar-refractivity contribution in [1.82, 2.24) is 4.90 Å². The number of amides is 1. The number of carbonyl (C=O) groups is 1. The van der Waals surface area contributed by atoms with Crippen molar-refractivity contribution in [2.24, 2.45) is 0 Å². The Morgan fingerprint density at radius 3 is 2.89 bits per heavy atom. The summed E-state index contributed by atoms with van der Waals surface area (Å²) in [5, 5.41) is 0. The lowest BCUT2D eigenvalue weighted by molar-refractivity contribution is -0.133. The fraction of sp³-hybridized carbons (Fsp3) is 0.400. The maximum atomic E-state index is 12.2. The SMILES string of the molecule is CC[C@H]1C=CCCC(=O)N1Cc1ccccc1Br. The topological polar surface area (TPSA) is 20.3 Å². The highest BCUT2D eigenvalue weighted by Crippen LogP contribution is 2.22. The highest BCUT2D eigenvalue weighted by Gasteiger charge is 2.22. The zero-order chi connectivity index (χ0) is 13.0. The van der Waals surface area contributed by atoms with Gasteiger partial charge < -0.3 is 4.90 Å². The highest BCUT2D eigenvalue weighted by molar-refractivity contribution is 9.10. The zero-order valence-electron chi connectivity index (χ0n) is 10.6. The molecule has 2 rings (SSSR count). The number of halogens is 1. The quantitative estimate of drug-likeness (QED) is 0.775. The molecular formula is C15H18BrNO. The molecule has 0 N–H and O–H groups in total. The Hall–Kier alpha value is -1.09. The van der Waals surface area contributed by atoms with E-state index in [1.165, 1.54) is 5.56 Å². The van der Waals surface area contributed by atoms with Crippen LogP contribution in [-0.4, -0.2) is 16.8 Å². The van der Waals surface area contributed by atoms with Gasteiger partial charge in [-0.25, -0.2) is 0 Å². The molecule has 1 aromatic rings. The molecule has 0 bridgehead atoms. The Kier molecular flexibility index (Phi) is 4.59. The lowest BCUT2D eigenvalue weighted by atomic mass is 10.1. The van der Waals surface area contributed by atoms with E-state index in [0.717, 1.165) is 17.3 Å². The van der Waals surface area contributed by atoms with Gasteiger partial charge in [0, 0.05) is 17.4 Å². The molecule has 1 atom stereocenters. The van der Waals surface area contributed by atoms with Gasteiger partial charge in [0.2, 0.25) is 5.91 Å². The Bertz CT molecular complexity index is 456. The second-order valence-electron chi connectivity index (χ2n) is 4.56. The van der Waals surface area contributed by atoms with Crippen LogP contribution in [0.25, 0.3) is 0 Å². The molecule has 96 valence electrons. The molecule has 1 aliphatic heterocycles. The van der Waals surface area contributed by atoms with Crippen molar-refractivity contribution in [3.05, 3.63) is 46.5 Å². The number of nitrogens with zero attached hydrogens (tertiary/aromatic N) is 1. The van der Waals surface area contributed by atoms with Crippen LogP contribution in [-0.2, 0) is 11.3 Å². The van der Waals surface area contributed by atoms with E-state index in [1.807, 2.05) is 23.1 Å². The number of benzene rings is 1. The molecule has 1 heterocycles. The number of hydrogen-bond acceptors (Lipinski definition) is 1. The van der Waals surface area contributed by atoms with Gasteiger partial charge in [-0.3, -0.25) is 4.79 Å². The van der Waals surface area contributed by atoms with Crippen LogP contribution in [0.4, 0.5) is 0 Å². The summed E-state index contributed by atoms with van der Waals surface area (Å²) < 4.78 is 1.07. The monoisotopic (exact) mass is 307 g/mol. The third kappa shape index (κ3) is 3.02. The molecule has 0 radical (unpaired) electrons. The van der Waals surface area contributed by atoms with Crippen molar-refractivity contribution in [2.75, 3.05) is 0 Å². The summed E-state index contributed by atoms with van der Waals surface area (Å²) in [6, 6.07) is 8.33. The molecule has 18 heavy (non-hydrogen) atoms. The second-order valence-corrected chi connectivity index (χ2v) is 5.41. The van der Waals surface area contributed by atoms with Gasteiger partial charge in [0.25, 0.3) is 0 Å². The van der Waals surface area contributed by atoms with Gasteiger partial charge in [0.1, 0.15) is 0 Å². The van der Waals surface area contributed by atoms with E-state index in [2.05, 4.69) is 41.1 Å². The number of rotatable bonds is 3. The predicted octanol–water partition coefficient (Wildman–Crippen LogP) is 3.91. The molecule has 0 spiro atoms. The molecule has 2 nitrogen and oxygen atoms in total. The smallest absolute Gasteiger partial charge is 0.223 e. The van der Waals surface area contributed by atoms with E-state index < -0.39 is 0 Å². The van der Waals surface area contributed by atoms with Crippen LogP contribution in [0.1, 0.15) is 31.7 Å². The maximum Gasteiger partial charge on any atom is 0.223 e. The summed E-state index contributed by atoms with van der Waals surface area (Å²) in [6.07, 6.45) is 6.75. The molecule has 0 aromatic heterocycles. The third-order valence-electron chi connectivity index (χ3n) is 3.32. The Morgan fingerprint density at radius 2 is 2.17 bits per heavy atom. The summed E-state index contributed by atoms with van der Waals surface area (Å²) in [5.74, 6) is 0.252. The number of hydrogen-bond donors (Lipinski definition) is 0. The minimum Gasteiger partial charge on any atom is -0.332 e. The third-order valence-corrected chi connectivity index (χ3v) is 4.09. The van der Waals surface area contributed by atoms with Crippen LogP contribution in [0.3, 0.4) is 0 Å². The molecule has 0 fully saturated rings. The van der Waals surface area contributed by atoms with Crippen molar-refractivity contribution in [3.8, 4) is 0 Å². The van der Waals surface area contributed by atoms with Crippen molar-refractivity contribution >= 4 is 21.8 Å². The molecule has 1 aliphatic rings. The first-order valence-electron chi connectivity index (χ1n) is 6.42. The molecule has 0 unspecified atom stereocenters. The molecular weight excluding hydrogens is 290 g/mol. The average Bonchev–Trinajstić information content (AvgIpc) is 2.55. The summed E-state index contributed by atoms with van der Waals surface area (Å²) in [5.41, 5.74) is 1.17. The second kappa shape index (κ2) is 6.19. The van der Waals surface area contributed by atoms with E-state index in [4.69, 9.17) is 0 Å². The van der Waals surface area contributed by atoms with Gasteiger partial charge in [0.05, 0.1) is 6.04 Å². The standard InChI is InChI=1S/C15H18BrNO/c1-2-13-8-4-6-10-15(18)17(13)11-12-7-3-5-9-14(12)16/h3-5,7-9,13H,2,6,10-11H2,1H3/t13-/m0/s1. The van der Waals surface area contributed by atoms with Gasteiger partial charge >= 0.3 is 0 Å². The van der Waals surface area contributed by atoms with Gasteiger partial charge in [-0.15, -0.1) is 0 Å². The molecule has 0 saturated carbocycles. The highest BCUT2D eigenvalue weighted by atomic mass is 79.9. The van der Waals surface area contributed by atoms with Crippen molar-refractivity contribution in [3.63, 3.8) is 0 Å². The van der Waals surface area contributed by atoms with E-state index in [9.17, 15) is 4.79 Å². The first-order chi connectivity index (χ1) is 8.72. The molecule has 1 amide bonds. The minimum atomic E-state index is 0.229. The Morgan fingerprint density at radius 1 is 1.39 bits per heavy atom. The minimum absolute atomic E-state index is 0.229. The fourth-order valence-electron chi connectivity index (χ4n) is 2.26. The van der Waals surface area contributed by atoms with E-state index in [1.54, 1.807) is 0 Å². The lowest BCUT2D eigenvalue weighted by Gasteiger charge is -2.28. The summed E-state index contributed by atoms with van der Waals surface area (Å²) >= 11 is 3.55. The van der Waals surface area contributed by atoms with Crippen LogP contribution in [0.15, 0.2) is 40.9 Å². The van der Waals surface area contributed by atoms with Crippen LogP contribution >= 0.6 is 15.9 Å². The van der Waals surface area contributed by atoms with Gasteiger partial charge in [-0.2, -0.15) is 0 Å². The van der Waals surface area contributed by atoms with Crippen LogP contribution in [0, 0.1) is 0 Å². The van der Waals surface area contributed by atoms with Crippen molar-refractivity contribution in [2.45, 2.75) is 38.8 Å². The molecule has 1 aromatic carbocycles. The predicted molar refractivity (Wildman–Crippen MR) is 77.1 cm³/mol. The summed E-state index contributed by atoms with van der Waals surface area (Å²) in [7, 11) is 0. The summed E-state index contributed by atoms with van der Waals surface area (Å²) in [4.78, 5) is 14.2. The van der Waals surface area contributed by atoms with Crippen LogP contribution in [0.5, 0.6) is 0 Å². The molecule has 0 saturated heterocycles. The van der Waals surface area contributed by atoms with Gasteiger partial charge in [-0.05, 0) is 24.5 Å².